The van der Waals surface area contributed by atoms with E-state index < -0.39 is 5.97 Å². The monoisotopic (exact) mass is 249 g/mol. The third-order valence-electron chi connectivity index (χ3n) is 3.26. The van der Waals surface area contributed by atoms with E-state index in [0.717, 1.165) is 12.8 Å². The van der Waals surface area contributed by atoms with Crippen LogP contribution in [0.25, 0.3) is 0 Å². The zero-order valence-electron chi connectivity index (χ0n) is 11.5. The van der Waals surface area contributed by atoms with Crippen LogP contribution in [0.5, 0.6) is 0 Å². The Bertz CT molecular complexity index is 403. The van der Waals surface area contributed by atoms with E-state index in [1.165, 1.54) is 22.3 Å². The van der Waals surface area contributed by atoms with Crippen LogP contribution in [0.2, 0.25) is 0 Å². The van der Waals surface area contributed by atoms with E-state index in [0.29, 0.717) is 6.42 Å². The van der Waals surface area contributed by atoms with Gasteiger partial charge < -0.3 is 10.8 Å². The van der Waals surface area contributed by atoms with Gasteiger partial charge in [-0.2, -0.15) is 0 Å². The van der Waals surface area contributed by atoms with Crippen molar-refractivity contribution < 1.29 is 9.90 Å². The first kappa shape index (κ1) is 14.7. The van der Waals surface area contributed by atoms with E-state index in [1.807, 2.05) is 0 Å². The van der Waals surface area contributed by atoms with Crippen LogP contribution in [0, 0.1) is 20.8 Å². The first-order valence-corrected chi connectivity index (χ1v) is 6.47. The maximum atomic E-state index is 10.4. The normalized spacial score (nSPS) is 12.4. The average Bonchev–Trinajstić information content (AvgIpc) is 2.22. The van der Waals surface area contributed by atoms with Crippen molar-refractivity contribution in [2.24, 2.45) is 5.73 Å². The molecule has 0 amide bonds. The van der Waals surface area contributed by atoms with Crippen molar-refractivity contribution in [2.75, 3.05) is 0 Å². The number of carboxylic acid groups (broad SMARTS) is 1. The smallest absolute Gasteiger partial charge is 0.303 e. The van der Waals surface area contributed by atoms with Crippen molar-refractivity contribution in [3.8, 4) is 0 Å². The molecule has 0 radical (unpaired) electrons. The van der Waals surface area contributed by atoms with Crippen molar-refractivity contribution in [3.05, 3.63) is 34.4 Å². The fraction of sp³-hybridized carbons (Fsp3) is 0.533. The second-order valence-electron chi connectivity index (χ2n) is 5.06. The molecule has 0 saturated heterocycles. The molecule has 0 bridgehead atoms. The molecule has 18 heavy (non-hydrogen) atoms. The lowest BCUT2D eigenvalue weighted by Crippen LogP contribution is -2.13. The van der Waals surface area contributed by atoms with Crippen LogP contribution >= 0.6 is 0 Å². The maximum absolute atomic E-state index is 10.4. The molecule has 1 unspecified atom stereocenters. The van der Waals surface area contributed by atoms with Crippen LogP contribution in [0.1, 0.15) is 54.0 Å². The molecular weight excluding hydrogens is 226 g/mol. The zero-order chi connectivity index (χ0) is 13.7. The molecule has 3 heteroatoms. The molecule has 1 rings (SSSR count). The van der Waals surface area contributed by atoms with Crippen molar-refractivity contribution in [1.82, 2.24) is 0 Å². The highest BCUT2D eigenvalue weighted by molar-refractivity contribution is 5.66. The lowest BCUT2D eigenvalue weighted by atomic mass is 9.91. The molecule has 1 aromatic rings. The average molecular weight is 249 g/mol. The summed E-state index contributed by atoms with van der Waals surface area (Å²) in [5.74, 6) is -0.730. The van der Waals surface area contributed by atoms with Crippen LogP contribution in [0.3, 0.4) is 0 Å². The first-order valence-electron chi connectivity index (χ1n) is 6.47. The minimum absolute atomic E-state index is 0.0133. The van der Waals surface area contributed by atoms with Gasteiger partial charge >= 0.3 is 5.97 Å². The molecule has 100 valence electrons. The number of hydrogen-bond donors (Lipinski definition) is 2. The SMILES string of the molecule is Cc1cc(C)c(C(N)CCCCC(=O)O)c(C)c1. The summed E-state index contributed by atoms with van der Waals surface area (Å²) < 4.78 is 0. The highest BCUT2D eigenvalue weighted by atomic mass is 16.4. The summed E-state index contributed by atoms with van der Waals surface area (Å²) in [6.45, 7) is 6.26. The molecule has 3 N–H and O–H groups in total. The molecule has 0 aliphatic heterocycles. The van der Waals surface area contributed by atoms with Gasteiger partial charge in [0.1, 0.15) is 0 Å². The zero-order valence-corrected chi connectivity index (χ0v) is 11.5. The number of unbranched alkanes of at least 4 members (excludes halogenated alkanes) is 1. The minimum atomic E-state index is -0.730. The van der Waals surface area contributed by atoms with Crippen molar-refractivity contribution in [3.63, 3.8) is 0 Å². The number of nitrogens with two attached hydrogens (primary N) is 1. The van der Waals surface area contributed by atoms with E-state index in [2.05, 4.69) is 32.9 Å². The van der Waals surface area contributed by atoms with Crippen molar-refractivity contribution >= 4 is 5.97 Å². The largest absolute Gasteiger partial charge is 0.481 e. The van der Waals surface area contributed by atoms with Gasteiger partial charge in [0, 0.05) is 12.5 Å². The summed E-state index contributed by atoms with van der Waals surface area (Å²) in [5, 5.41) is 8.58. The van der Waals surface area contributed by atoms with Crippen LogP contribution in [-0.4, -0.2) is 11.1 Å². The Morgan fingerprint density at radius 1 is 1.22 bits per heavy atom. The third kappa shape index (κ3) is 4.15. The van der Waals surface area contributed by atoms with Crippen molar-refractivity contribution in [2.45, 2.75) is 52.5 Å². The van der Waals surface area contributed by atoms with Gasteiger partial charge in [-0.1, -0.05) is 24.1 Å². The van der Waals surface area contributed by atoms with Crippen LogP contribution in [0.4, 0.5) is 0 Å². The molecule has 0 aliphatic rings. The number of rotatable bonds is 6. The van der Waals surface area contributed by atoms with Gasteiger partial charge in [-0.05, 0) is 50.3 Å². The molecule has 1 atom stereocenters. The van der Waals surface area contributed by atoms with Crippen LogP contribution in [-0.2, 0) is 4.79 Å². The highest BCUT2D eigenvalue weighted by Crippen LogP contribution is 2.25. The first-order chi connectivity index (χ1) is 8.41. The molecule has 0 fully saturated rings. The van der Waals surface area contributed by atoms with Gasteiger partial charge in [-0.25, -0.2) is 0 Å². The van der Waals surface area contributed by atoms with Crippen LogP contribution in [0.15, 0.2) is 12.1 Å². The van der Waals surface area contributed by atoms with E-state index in [-0.39, 0.29) is 12.5 Å². The molecule has 0 spiro atoms. The molecule has 0 aromatic heterocycles. The molecule has 1 aromatic carbocycles. The number of hydrogen-bond acceptors (Lipinski definition) is 2. The Morgan fingerprint density at radius 2 is 1.78 bits per heavy atom. The summed E-state index contributed by atoms with van der Waals surface area (Å²) in [7, 11) is 0. The fourth-order valence-electron chi connectivity index (χ4n) is 2.56. The summed E-state index contributed by atoms with van der Waals surface area (Å²) in [5.41, 5.74) is 11.2. The summed E-state index contributed by atoms with van der Waals surface area (Å²) >= 11 is 0. The van der Waals surface area contributed by atoms with Gasteiger partial charge in [-0.15, -0.1) is 0 Å². The second kappa shape index (κ2) is 6.55. The fourth-order valence-corrected chi connectivity index (χ4v) is 2.56. The molecule has 3 nitrogen and oxygen atoms in total. The van der Waals surface area contributed by atoms with E-state index in [4.69, 9.17) is 10.8 Å². The van der Waals surface area contributed by atoms with Crippen molar-refractivity contribution in [1.29, 1.82) is 0 Å². The third-order valence-corrected chi connectivity index (χ3v) is 3.26. The summed E-state index contributed by atoms with van der Waals surface area (Å²) in [6, 6.07) is 4.32. The van der Waals surface area contributed by atoms with Crippen LogP contribution < -0.4 is 5.73 Å². The Hall–Kier alpha value is -1.35. The van der Waals surface area contributed by atoms with Gasteiger partial charge in [0.05, 0.1) is 0 Å². The maximum Gasteiger partial charge on any atom is 0.303 e. The van der Waals surface area contributed by atoms with Gasteiger partial charge in [-0.3, -0.25) is 4.79 Å². The Labute approximate surface area is 109 Å². The topological polar surface area (TPSA) is 63.3 Å². The predicted molar refractivity (Wildman–Crippen MR) is 73.7 cm³/mol. The number of aryl methyl sites for hydroxylation is 3. The molecular formula is C15H23NO2. The summed E-state index contributed by atoms with van der Waals surface area (Å²) in [4.78, 5) is 10.4. The van der Waals surface area contributed by atoms with Gasteiger partial charge in [0.15, 0.2) is 0 Å². The standard InChI is InChI=1S/C15H23NO2/c1-10-8-11(2)15(12(3)9-10)13(16)6-4-5-7-14(17)18/h8-9,13H,4-7,16H2,1-3H3,(H,17,18). The van der Waals surface area contributed by atoms with E-state index >= 15 is 0 Å². The van der Waals surface area contributed by atoms with E-state index in [1.54, 1.807) is 0 Å². The number of aliphatic carboxylic acids is 1. The predicted octanol–water partition coefficient (Wildman–Crippen LogP) is 3.26. The molecule has 0 heterocycles. The Morgan fingerprint density at radius 3 is 2.28 bits per heavy atom. The van der Waals surface area contributed by atoms with Gasteiger partial charge in [0.25, 0.3) is 0 Å². The second-order valence-corrected chi connectivity index (χ2v) is 5.06. The summed E-state index contributed by atoms with van der Waals surface area (Å²) in [6.07, 6.45) is 2.64. The number of carboxylic acids is 1. The van der Waals surface area contributed by atoms with Gasteiger partial charge in [0.2, 0.25) is 0 Å². The lowest BCUT2D eigenvalue weighted by Gasteiger charge is -2.18. The number of carbonyl (C=O) groups is 1. The Kier molecular flexibility index (Phi) is 5.35. The molecule has 0 saturated carbocycles. The lowest BCUT2D eigenvalue weighted by molar-refractivity contribution is -0.137. The minimum Gasteiger partial charge on any atom is -0.481 e. The quantitative estimate of drug-likeness (QED) is 0.761. The highest BCUT2D eigenvalue weighted by Gasteiger charge is 2.12. The number of benzene rings is 1. The van der Waals surface area contributed by atoms with E-state index in [9.17, 15) is 4.79 Å². The Balaban J connectivity index is 2.61. The molecule has 0 aliphatic carbocycles.